The van der Waals surface area contributed by atoms with E-state index in [2.05, 4.69) is 10.6 Å². The summed E-state index contributed by atoms with van der Waals surface area (Å²) < 4.78 is 5.33. The molecule has 0 atom stereocenters. The summed E-state index contributed by atoms with van der Waals surface area (Å²) in [6.45, 7) is 2.92. The molecule has 0 saturated carbocycles. The number of piperidine rings is 1. The molecule has 3 rings (SSSR count). The van der Waals surface area contributed by atoms with Gasteiger partial charge in [0, 0.05) is 25.7 Å². The van der Waals surface area contributed by atoms with Gasteiger partial charge in [0.2, 0.25) is 0 Å². The molecule has 1 aliphatic rings. The number of nitro groups is 1. The number of para-hydroxylation sites is 1. The molecule has 2 aromatic rings. The number of anilines is 1. The molecule has 0 aromatic heterocycles. The molecule has 1 fully saturated rings. The van der Waals surface area contributed by atoms with Crippen LogP contribution in [0.5, 0.6) is 5.75 Å². The lowest BCUT2D eigenvalue weighted by Gasteiger charge is -2.31. The summed E-state index contributed by atoms with van der Waals surface area (Å²) >= 11 is 0. The third-order valence-electron chi connectivity index (χ3n) is 5.18. The first-order valence-corrected chi connectivity index (χ1v) is 10.2. The van der Waals surface area contributed by atoms with Crippen LogP contribution in [0.4, 0.5) is 16.2 Å². The van der Waals surface area contributed by atoms with E-state index in [1.54, 1.807) is 42.2 Å². The summed E-state index contributed by atoms with van der Waals surface area (Å²) in [5, 5.41) is 16.0. The van der Waals surface area contributed by atoms with Crippen LogP contribution in [0.15, 0.2) is 48.5 Å². The number of carbonyl (C=O) groups is 3. The number of aryl methyl sites for hydroxylation is 1. The summed E-state index contributed by atoms with van der Waals surface area (Å²) in [6, 6.07) is 13.1. The maximum atomic E-state index is 12.2. The van der Waals surface area contributed by atoms with Crippen molar-refractivity contribution in [1.29, 1.82) is 0 Å². The summed E-state index contributed by atoms with van der Waals surface area (Å²) in [5.41, 5.74) is 0.352. The van der Waals surface area contributed by atoms with Gasteiger partial charge in [-0.1, -0.05) is 24.3 Å². The molecular weight excluding hydrogens is 416 g/mol. The molecule has 10 heteroatoms. The second kappa shape index (κ2) is 10.4. The first-order chi connectivity index (χ1) is 15.3. The topological polar surface area (TPSA) is 131 Å². The van der Waals surface area contributed by atoms with E-state index in [1.165, 1.54) is 12.1 Å². The van der Waals surface area contributed by atoms with E-state index < -0.39 is 22.8 Å². The van der Waals surface area contributed by atoms with Crippen LogP contribution >= 0.6 is 0 Å². The maximum absolute atomic E-state index is 12.2. The quantitative estimate of drug-likeness (QED) is 0.418. The number of nitro benzene ring substituents is 1. The molecule has 1 saturated heterocycles. The largest absolute Gasteiger partial charge is 0.415 e. The van der Waals surface area contributed by atoms with Crippen molar-refractivity contribution < 1.29 is 24.0 Å². The van der Waals surface area contributed by atoms with E-state index in [9.17, 15) is 24.5 Å². The normalized spacial score (nSPS) is 13.8. The maximum Gasteiger partial charge on any atom is 0.415 e. The predicted molar refractivity (Wildman–Crippen MR) is 116 cm³/mol. The Kier molecular flexibility index (Phi) is 7.37. The fraction of sp³-hybridized carbons (Fsp3) is 0.318. The molecule has 168 valence electrons. The standard InChI is InChI=1S/C22H24N4O6/c1-15-7-8-18(19(13-15)26(30)31)24-21(28)20(27)23-14-16-9-11-25(12-10-16)22(29)32-17-5-3-2-4-6-17/h2-8,13,16H,9-12,14H2,1H3,(H,23,27)(H,24,28). The van der Waals surface area contributed by atoms with Gasteiger partial charge in [-0.25, -0.2) is 4.79 Å². The number of hydrogen-bond donors (Lipinski definition) is 2. The number of hydrogen-bond acceptors (Lipinski definition) is 6. The number of nitrogens with zero attached hydrogens (tertiary/aromatic N) is 2. The molecule has 0 spiro atoms. The number of rotatable bonds is 5. The van der Waals surface area contributed by atoms with Gasteiger partial charge in [-0.15, -0.1) is 0 Å². The Balaban J connectivity index is 1.43. The minimum absolute atomic E-state index is 0.0361. The minimum Gasteiger partial charge on any atom is -0.410 e. The SMILES string of the molecule is Cc1ccc(NC(=O)C(=O)NCC2CCN(C(=O)Oc3ccccc3)CC2)c([N+](=O)[O-])c1. The average Bonchev–Trinajstić information content (AvgIpc) is 2.79. The second-order valence-electron chi connectivity index (χ2n) is 7.55. The average molecular weight is 440 g/mol. The molecule has 0 bridgehead atoms. The molecule has 0 aliphatic carbocycles. The summed E-state index contributed by atoms with van der Waals surface area (Å²) in [4.78, 5) is 48.7. The number of benzene rings is 2. The van der Waals surface area contributed by atoms with Crippen LogP contribution in [0.2, 0.25) is 0 Å². The Hall–Kier alpha value is -3.95. The smallest absolute Gasteiger partial charge is 0.410 e. The van der Waals surface area contributed by atoms with Gasteiger partial charge in [0.1, 0.15) is 11.4 Å². The Morgan fingerprint density at radius 3 is 2.44 bits per heavy atom. The van der Waals surface area contributed by atoms with Crippen LogP contribution in [-0.4, -0.2) is 47.4 Å². The van der Waals surface area contributed by atoms with E-state index in [-0.39, 0.29) is 23.8 Å². The monoisotopic (exact) mass is 440 g/mol. The fourth-order valence-corrected chi connectivity index (χ4v) is 3.37. The van der Waals surface area contributed by atoms with Gasteiger partial charge in [-0.05, 0) is 49.4 Å². The van der Waals surface area contributed by atoms with E-state index >= 15 is 0 Å². The van der Waals surface area contributed by atoms with Gasteiger partial charge >= 0.3 is 17.9 Å². The molecule has 0 radical (unpaired) electrons. The molecule has 0 unspecified atom stereocenters. The number of ether oxygens (including phenoxy) is 1. The minimum atomic E-state index is -0.971. The Labute approximate surface area is 184 Å². The van der Waals surface area contributed by atoms with Crippen LogP contribution in [0.3, 0.4) is 0 Å². The highest BCUT2D eigenvalue weighted by molar-refractivity contribution is 6.39. The first kappa shape index (κ1) is 22.7. The third kappa shape index (κ3) is 6.03. The lowest BCUT2D eigenvalue weighted by molar-refractivity contribution is -0.384. The molecule has 1 heterocycles. The highest BCUT2D eigenvalue weighted by atomic mass is 16.6. The Morgan fingerprint density at radius 1 is 1.09 bits per heavy atom. The van der Waals surface area contributed by atoms with Crippen molar-refractivity contribution in [1.82, 2.24) is 10.2 Å². The van der Waals surface area contributed by atoms with Crippen LogP contribution in [-0.2, 0) is 9.59 Å². The van der Waals surface area contributed by atoms with Gasteiger partial charge in [-0.3, -0.25) is 19.7 Å². The van der Waals surface area contributed by atoms with E-state index in [4.69, 9.17) is 4.74 Å². The van der Waals surface area contributed by atoms with Crippen LogP contribution in [0, 0.1) is 23.0 Å². The van der Waals surface area contributed by atoms with Crippen molar-refractivity contribution in [2.24, 2.45) is 5.92 Å². The van der Waals surface area contributed by atoms with Gasteiger partial charge in [0.15, 0.2) is 0 Å². The molecule has 2 aromatic carbocycles. The van der Waals surface area contributed by atoms with Crippen molar-refractivity contribution in [3.63, 3.8) is 0 Å². The van der Waals surface area contributed by atoms with Crippen molar-refractivity contribution in [3.05, 3.63) is 64.2 Å². The lowest BCUT2D eigenvalue weighted by atomic mass is 9.97. The Bertz CT molecular complexity index is 1000. The third-order valence-corrected chi connectivity index (χ3v) is 5.18. The Morgan fingerprint density at radius 2 is 1.78 bits per heavy atom. The number of nitrogens with one attached hydrogen (secondary N) is 2. The highest BCUT2D eigenvalue weighted by Crippen LogP contribution is 2.25. The molecule has 3 amide bonds. The highest BCUT2D eigenvalue weighted by Gasteiger charge is 2.26. The van der Waals surface area contributed by atoms with Gasteiger partial charge in [-0.2, -0.15) is 0 Å². The lowest BCUT2D eigenvalue weighted by Crippen LogP contribution is -2.44. The molecular formula is C22H24N4O6. The summed E-state index contributed by atoms with van der Waals surface area (Å²) in [6.07, 6.45) is 0.877. The van der Waals surface area contributed by atoms with Crippen molar-refractivity contribution in [2.45, 2.75) is 19.8 Å². The molecule has 2 N–H and O–H groups in total. The van der Waals surface area contributed by atoms with E-state index in [1.807, 2.05) is 6.07 Å². The molecule has 10 nitrogen and oxygen atoms in total. The fourth-order valence-electron chi connectivity index (χ4n) is 3.37. The molecule has 32 heavy (non-hydrogen) atoms. The van der Waals surface area contributed by atoms with Crippen LogP contribution < -0.4 is 15.4 Å². The zero-order valence-electron chi connectivity index (χ0n) is 17.6. The summed E-state index contributed by atoms with van der Waals surface area (Å²) in [7, 11) is 0. The predicted octanol–water partition coefficient (Wildman–Crippen LogP) is 2.87. The number of amides is 3. The van der Waals surface area contributed by atoms with Crippen molar-refractivity contribution in [2.75, 3.05) is 25.0 Å². The van der Waals surface area contributed by atoms with Crippen molar-refractivity contribution >= 4 is 29.3 Å². The van der Waals surface area contributed by atoms with Gasteiger partial charge in [0.25, 0.3) is 5.69 Å². The van der Waals surface area contributed by atoms with Crippen LogP contribution in [0.1, 0.15) is 18.4 Å². The number of likely N-dealkylation sites (tertiary alicyclic amines) is 1. The van der Waals surface area contributed by atoms with Gasteiger partial charge < -0.3 is 20.3 Å². The van der Waals surface area contributed by atoms with E-state index in [0.717, 1.165) is 0 Å². The second-order valence-corrected chi connectivity index (χ2v) is 7.55. The zero-order valence-corrected chi connectivity index (χ0v) is 17.6. The van der Waals surface area contributed by atoms with E-state index in [0.29, 0.717) is 37.2 Å². The number of carbonyl (C=O) groups excluding carboxylic acids is 3. The summed E-state index contributed by atoms with van der Waals surface area (Å²) in [5.74, 6) is -1.26. The van der Waals surface area contributed by atoms with Crippen molar-refractivity contribution in [3.8, 4) is 5.75 Å². The first-order valence-electron chi connectivity index (χ1n) is 10.2. The van der Waals surface area contributed by atoms with Crippen LogP contribution in [0.25, 0.3) is 0 Å². The van der Waals surface area contributed by atoms with Gasteiger partial charge in [0.05, 0.1) is 4.92 Å². The zero-order chi connectivity index (χ0) is 23.1. The molecule has 1 aliphatic heterocycles.